The van der Waals surface area contributed by atoms with Crippen LogP contribution in [0, 0.1) is 0 Å². The van der Waals surface area contributed by atoms with Crippen LogP contribution in [0.4, 0.5) is 0 Å². The first-order valence-corrected chi connectivity index (χ1v) is 12.4. The third-order valence-electron chi connectivity index (χ3n) is 3.90. The molecule has 0 unspecified atom stereocenters. The zero-order valence-electron chi connectivity index (χ0n) is 14.1. The molecular weight excluding hydrogens is 385 g/mol. The fraction of sp³-hybridized carbons (Fsp3) is 0. The fourth-order valence-corrected chi connectivity index (χ4v) is 7.85. The first-order valence-electron chi connectivity index (χ1n) is 8.45. The number of para-hydroxylation sites is 3. The van der Waals surface area contributed by atoms with Crippen molar-refractivity contribution in [2.24, 2.45) is 0 Å². The summed E-state index contributed by atoms with van der Waals surface area (Å²) < 4.78 is 19.8. The van der Waals surface area contributed by atoms with Gasteiger partial charge in [0.15, 0.2) is 0 Å². The molecule has 3 aromatic rings. The molecule has 3 nitrogen and oxygen atoms in total. The third kappa shape index (κ3) is 3.68. The summed E-state index contributed by atoms with van der Waals surface area (Å²) in [5, 5.41) is 0. The van der Waals surface area contributed by atoms with Gasteiger partial charge in [0.25, 0.3) is 0 Å². The van der Waals surface area contributed by atoms with E-state index in [0.29, 0.717) is 0 Å². The summed E-state index contributed by atoms with van der Waals surface area (Å²) in [6.45, 7) is 0. The number of ether oxygens (including phenoxy) is 1. The van der Waals surface area contributed by atoms with Crippen LogP contribution in [-0.2, 0) is 0 Å². The molecule has 0 atom stereocenters. The van der Waals surface area contributed by atoms with Crippen molar-refractivity contribution < 1.29 is 12.3 Å². The third-order valence-corrected chi connectivity index (χ3v) is 9.49. The number of hydrogen-bond acceptors (Lipinski definition) is 3. The summed E-state index contributed by atoms with van der Waals surface area (Å²) in [5.74, 6) is 2.32. The molecule has 0 saturated carbocycles. The second-order valence-electron chi connectivity index (χ2n) is 5.80. The number of allylic oxidation sites excluding steroid dienone is 2. The van der Waals surface area contributed by atoms with Crippen LogP contribution >= 0.6 is 0 Å². The van der Waals surface area contributed by atoms with Crippen molar-refractivity contribution >= 4 is 13.9 Å². The molecule has 3 aromatic carbocycles. The van der Waals surface area contributed by atoms with E-state index in [4.69, 9.17) is 12.3 Å². The predicted molar refractivity (Wildman–Crippen MR) is 104 cm³/mol. The van der Waals surface area contributed by atoms with Crippen LogP contribution in [0.5, 0.6) is 17.2 Å². The second kappa shape index (κ2) is 7.54. The summed E-state index contributed by atoms with van der Waals surface area (Å²) in [4.78, 5) is 2.04. The van der Waals surface area contributed by atoms with Crippen molar-refractivity contribution in [2.75, 3.05) is 0 Å². The van der Waals surface area contributed by atoms with Crippen LogP contribution in [-0.4, -0.2) is 13.9 Å². The molecule has 0 spiro atoms. The van der Waals surface area contributed by atoms with Gasteiger partial charge in [-0.25, -0.2) is 0 Å². The van der Waals surface area contributed by atoms with Gasteiger partial charge in [0.05, 0.1) is 0 Å². The monoisotopic (exact) mass is 404 g/mol. The van der Waals surface area contributed by atoms with E-state index in [1.165, 1.54) is 0 Å². The maximum absolute atomic E-state index is 6.44. The van der Waals surface area contributed by atoms with Gasteiger partial charge in [0.1, 0.15) is 0 Å². The zero-order valence-corrected chi connectivity index (χ0v) is 16.2. The molecule has 128 valence electrons. The van der Waals surface area contributed by atoms with E-state index < -0.39 is 13.9 Å². The van der Waals surface area contributed by atoms with E-state index >= 15 is 0 Å². The van der Waals surface area contributed by atoms with Crippen molar-refractivity contribution in [2.45, 2.75) is 0 Å². The van der Waals surface area contributed by atoms with Crippen LogP contribution in [0.15, 0.2) is 113 Å². The first kappa shape index (κ1) is 16.5. The Labute approximate surface area is 156 Å². The quantitative estimate of drug-likeness (QED) is 0.530. The van der Waals surface area contributed by atoms with Gasteiger partial charge in [0.2, 0.25) is 0 Å². The summed E-state index contributed by atoms with van der Waals surface area (Å²) in [6, 6.07) is 29.2. The molecule has 4 heteroatoms. The molecule has 0 N–H and O–H groups in total. The van der Waals surface area contributed by atoms with E-state index in [0.717, 1.165) is 21.8 Å². The molecule has 1 aliphatic heterocycles. The Morgan fingerprint density at radius 1 is 0.538 bits per heavy atom. The Morgan fingerprint density at radius 2 is 1.00 bits per heavy atom. The standard InChI is InChI=1S/C22H18GeO3/c1-4-11-19(12-5-1)24-22-17-10-18-23(22,25-20-13-6-2-7-14-20)26-21-15-8-3-9-16-21/h1-18H. The Hall–Kier alpha value is -2.92. The van der Waals surface area contributed by atoms with Gasteiger partial charge in [-0.15, -0.1) is 0 Å². The van der Waals surface area contributed by atoms with Gasteiger partial charge in [-0.2, -0.15) is 0 Å². The van der Waals surface area contributed by atoms with E-state index in [-0.39, 0.29) is 0 Å². The van der Waals surface area contributed by atoms with Gasteiger partial charge in [-0.1, -0.05) is 0 Å². The normalized spacial score (nSPS) is 14.5. The van der Waals surface area contributed by atoms with Crippen molar-refractivity contribution in [3.05, 3.63) is 113 Å². The van der Waals surface area contributed by atoms with E-state index in [1.54, 1.807) is 0 Å². The minimum atomic E-state index is -3.60. The number of hydrogen-bond donors (Lipinski definition) is 0. The Bertz CT molecular complexity index is 864. The summed E-state index contributed by atoms with van der Waals surface area (Å²) in [5.41, 5.74) is 0. The summed E-state index contributed by atoms with van der Waals surface area (Å²) >= 11 is -3.60. The van der Waals surface area contributed by atoms with Gasteiger partial charge in [-0.3, -0.25) is 0 Å². The average molecular weight is 403 g/mol. The molecule has 4 rings (SSSR count). The van der Waals surface area contributed by atoms with Gasteiger partial charge in [-0.05, 0) is 0 Å². The van der Waals surface area contributed by atoms with E-state index in [2.05, 4.69) is 0 Å². The van der Waals surface area contributed by atoms with Gasteiger partial charge >= 0.3 is 156 Å². The number of benzene rings is 3. The zero-order chi connectivity index (χ0) is 17.7. The topological polar surface area (TPSA) is 27.7 Å². The molecule has 0 fully saturated rings. The molecule has 0 saturated heterocycles. The fourth-order valence-electron chi connectivity index (χ4n) is 2.70. The summed E-state index contributed by atoms with van der Waals surface area (Å²) in [7, 11) is 0. The molecule has 0 radical (unpaired) electrons. The Kier molecular flexibility index (Phi) is 4.80. The van der Waals surface area contributed by atoms with Gasteiger partial charge in [0, 0.05) is 0 Å². The number of rotatable bonds is 6. The van der Waals surface area contributed by atoms with Crippen molar-refractivity contribution in [3.63, 3.8) is 0 Å². The molecule has 1 heterocycles. The molecule has 0 aliphatic carbocycles. The molecule has 0 bridgehead atoms. The Morgan fingerprint density at radius 3 is 1.50 bits per heavy atom. The van der Waals surface area contributed by atoms with Crippen LogP contribution < -0.4 is 12.3 Å². The first-order chi connectivity index (χ1) is 12.8. The molecule has 0 amide bonds. The van der Waals surface area contributed by atoms with Crippen LogP contribution in [0.25, 0.3) is 0 Å². The van der Waals surface area contributed by atoms with E-state index in [9.17, 15) is 0 Å². The molecule has 0 aromatic heterocycles. The van der Waals surface area contributed by atoms with Crippen LogP contribution in [0.1, 0.15) is 0 Å². The molecule has 1 aliphatic rings. The summed E-state index contributed by atoms with van der Waals surface area (Å²) in [6.07, 6.45) is 3.91. The predicted octanol–water partition coefficient (Wildman–Crippen LogP) is 5.20. The molecule has 26 heavy (non-hydrogen) atoms. The minimum absolute atomic E-state index is 0.754. The Balaban J connectivity index is 1.67. The van der Waals surface area contributed by atoms with Crippen molar-refractivity contribution in [1.82, 2.24) is 0 Å². The maximum atomic E-state index is 6.44. The van der Waals surface area contributed by atoms with Crippen molar-refractivity contribution in [1.29, 1.82) is 0 Å². The van der Waals surface area contributed by atoms with Gasteiger partial charge < -0.3 is 0 Å². The molecular formula is C22H18GeO3. The van der Waals surface area contributed by atoms with Crippen molar-refractivity contribution in [3.8, 4) is 17.2 Å². The van der Waals surface area contributed by atoms with Crippen LogP contribution in [0.2, 0.25) is 0 Å². The van der Waals surface area contributed by atoms with Crippen LogP contribution in [0.3, 0.4) is 0 Å². The average Bonchev–Trinajstić information content (AvgIpc) is 3.06. The van der Waals surface area contributed by atoms with E-state index in [1.807, 2.05) is 108 Å². The SMILES string of the molecule is C1=[CH][Ge]([O]c2ccccc2)([O]c2ccccc2)[C](Oc2ccccc2)=C1. The second-order valence-corrected chi connectivity index (χ2v) is 11.2.